The van der Waals surface area contributed by atoms with Gasteiger partial charge in [-0.15, -0.1) is 0 Å². The summed E-state index contributed by atoms with van der Waals surface area (Å²) < 4.78 is 0. The van der Waals surface area contributed by atoms with Crippen LogP contribution in [-0.2, 0) is 0 Å². The fraction of sp³-hybridized carbons (Fsp3) is 0.300. The number of hydrogen-bond donors (Lipinski definition) is 2. The highest BCUT2D eigenvalue weighted by Crippen LogP contribution is 2.32. The highest BCUT2D eigenvalue weighted by Gasteiger charge is 2.15. The Balaban J connectivity index is 1.55. The third kappa shape index (κ3) is 4.42. The van der Waals surface area contributed by atoms with Gasteiger partial charge < -0.3 is 5.32 Å². The van der Waals surface area contributed by atoms with Gasteiger partial charge in [0.2, 0.25) is 0 Å². The predicted octanol–water partition coefficient (Wildman–Crippen LogP) is 4.86. The molecular weight excluding hydrogens is 316 g/mol. The Labute approximate surface area is 148 Å². The van der Waals surface area contributed by atoms with Crippen LogP contribution in [0.3, 0.4) is 0 Å². The summed E-state index contributed by atoms with van der Waals surface area (Å²) in [4.78, 5) is 12.1. The largest absolute Gasteiger partial charge is 0.332 e. The van der Waals surface area contributed by atoms with Gasteiger partial charge >= 0.3 is 0 Å². The second-order valence-corrected chi connectivity index (χ2v) is 6.64. The van der Waals surface area contributed by atoms with Gasteiger partial charge in [-0.1, -0.05) is 49.6 Å². The van der Waals surface area contributed by atoms with E-state index in [1.807, 2.05) is 30.3 Å². The van der Waals surface area contributed by atoms with E-state index in [0.29, 0.717) is 16.6 Å². The van der Waals surface area contributed by atoms with Gasteiger partial charge in [-0.3, -0.25) is 10.1 Å². The van der Waals surface area contributed by atoms with Gasteiger partial charge in [0.1, 0.15) is 0 Å². The lowest BCUT2D eigenvalue weighted by molar-refractivity contribution is 0.0977. The van der Waals surface area contributed by atoms with E-state index in [1.54, 1.807) is 12.1 Å². The van der Waals surface area contributed by atoms with Crippen molar-refractivity contribution >= 4 is 28.9 Å². The molecule has 2 aromatic rings. The SMILES string of the molecule is O=C(NC(=S)Nc1ccc(C2CCCCC2)cc1)c1ccccc1. The van der Waals surface area contributed by atoms with Crippen LogP contribution in [0.1, 0.15) is 53.9 Å². The highest BCUT2D eigenvalue weighted by atomic mass is 32.1. The van der Waals surface area contributed by atoms with Gasteiger partial charge in [-0.25, -0.2) is 0 Å². The van der Waals surface area contributed by atoms with Gasteiger partial charge in [-0.05, 0) is 60.8 Å². The van der Waals surface area contributed by atoms with Crippen molar-refractivity contribution in [2.45, 2.75) is 38.0 Å². The summed E-state index contributed by atoms with van der Waals surface area (Å²) in [6, 6.07) is 17.5. The van der Waals surface area contributed by atoms with Gasteiger partial charge in [0.15, 0.2) is 5.11 Å². The van der Waals surface area contributed by atoms with Crippen LogP contribution < -0.4 is 10.6 Å². The van der Waals surface area contributed by atoms with Gasteiger partial charge in [0.05, 0.1) is 0 Å². The lowest BCUT2D eigenvalue weighted by atomic mass is 9.84. The maximum Gasteiger partial charge on any atom is 0.257 e. The van der Waals surface area contributed by atoms with Crippen LogP contribution in [0.15, 0.2) is 54.6 Å². The molecule has 0 atom stereocenters. The molecule has 0 saturated heterocycles. The Morgan fingerprint density at radius 1 is 0.917 bits per heavy atom. The molecule has 1 fully saturated rings. The van der Waals surface area contributed by atoms with Crippen LogP contribution in [-0.4, -0.2) is 11.0 Å². The molecule has 0 heterocycles. The van der Waals surface area contributed by atoms with E-state index in [1.165, 1.54) is 37.7 Å². The number of thiocarbonyl (C=S) groups is 1. The molecule has 3 nitrogen and oxygen atoms in total. The van der Waals surface area contributed by atoms with Crippen molar-refractivity contribution < 1.29 is 4.79 Å². The van der Waals surface area contributed by atoms with Crippen molar-refractivity contribution in [1.29, 1.82) is 0 Å². The second-order valence-electron chi connectivity index (χ2n) is 6.23. The highest BCUT2D eigenvalue weighted by molar-refractivity contribution is 7.80. The molecule has 0 unspecified atom stereocenters. The first-order chi connectivity index (χ1) is 11.7. The summed E-state index contributed by atoms with van der Waals surface area (Å²) in [6.07, 6.45) is 6.61. The Morgan fingerprint density at radius 3 is 2.25 bits per heavy atom. The number of nitrogens with one attached hydrogen (secondary N) is 2. The van der Waals surface area contributed by atoms with Gasteiger partial charge in [-0.2, -0.15) is 0 Å². The lowest BCUT2D eigenvalue weighted by Gasteiger charge is -2.22. The number of hydrogen-bond acceptors (Lipinski definition) is 2. The van der Waals surface area contributed by atoms with Crippen molar-refractivity contribution in [2.24, 2.45) is 0 Å². The molecule has 1 aliphatic carbocycles. The number of amides is 1. The maximum atomic E-state index is 12.1. The number of benzene rings is 2. The van der Waals surface area contributed by atoms with E-state index in [0.717, 1.165) is 5.69 Å². The summed E-state index contributed by atoms with van der Waals surface area (Å²) in [6.45, 7) is 0. The van der Waals surface area contributed by atoms with Gasteiger partial charge in [0, 0.05) is 11.3 Å². The molecule has 2 aromatic carbocycles. The van der Waals surface area contributed by atoms with Crippen LogP contribution in [0.2, 0.25) is 0 Å². The molecule has 1 amide bonds. The Hall–Kier alpha value is -2.20. The summed E-state index contributed by atoms with van der Waals surface area (Å²) >= 11 is 5.23. The van der Waals surface area contributed by atoms with Crippen LogP contribution in [0.25, 0.3) is 0 Å². The average Bonchev–Trinajstić information content (AvgIpc) is 2.64. The number of carbonyl (C=O) groups is 1. The predicted molar refractivity (Wildman–Crippen MR) is 102 cm³/mol. The first kappa shape index (κ1) is 16.7. The van der Waals surface area contributed by atoms with E-state index in [2.05, 4.69) is 22.8 Å². The van der Waals surface area contributed by atoms with Crippen molar-refractivity contribution in [3.63, 3.8) is 0 Å². The molecule has 2 N–H and O–H groups in total. The van der Waals surface area contributed by atoms with E-state index >= 15 is 0 Å². The minimum atomic E-state index is -0.202. The minimum Gasteiger partial charge on any atom is -0.332 e. The van der Waals surface area contributed by atoms with E-state index in [9.17, 15) is 4.79 Å². The summed E-state index contributed by atoms with van der Waals surface area (Å²) in [5, 5.41) is 6.09. The van der Waals surface area contributed by atoms with Crippen LogP contribution in [0.5, 0.6) is 0 Å². The Bertz CT molecular complexity index is 691. The zero-order valence-electron chi connectivity index (χ0n) is 13.6. The molecule has 0 radical (unpaired) electrons. The fourth-order valence-corrected chi connectivity index (χ4v) is 3.41. The molecule has 4 heteroatoms. The second kappa shape index (κ2) is 8.06. The summed E-state index contributed by atoms with van der Waals surface area (Å²) in [7, 11) is 0. The average molecular weight is 338 g/mol. The van der Waals surface area contributed by atoms with E-state index < -0.39 is 0 Å². The standard InChI is InChI=1S/C20H22N2OS/c23-19(17-9-5-2-6-10-17)22-20(24)21-18-13-11-16(12-14-18)15-7-3-1-4-8-15/h2,5-6,9-15H,1,3-4,7-8H2,(H2,21,22,23,24). The first-order valence-electron chi connectivity index (χ1n) is 8.50. The molecule has 1 aliphatic rings. The topological polar surface area (TPSA) is 41.1 Å². The fourth-order valence-electron chi connectivity index (χ4n) is 3.20. The zero-order chi connectivity index (χ0) is 16.8. The van der Waals surface area contributed by atoms with E-state index in [-0.39, 0.29) is 5.91 Å². The van der Waals surface area contributed by atoms with Crippen LogP contribution in [0, 0.1) is 0 Å². The van der Waals surface area contributed by atoms with Crippen molar-refractivity contribution in [3.05, 3.63) is 65.7 Å². The Kier molecular flexibility index (Phi) is 5.59. The number of anilines is 1. The van der Waals surface area contributed by atoms with Crippen molar-refractivity contribution in [1.82, 2.24) is 5.32 Å². The molecule has 0 aromatic heterocycles. The zero-order valence-corrected chi connectivity index (χ0v) is 14.4. The smallest absolute Gasteiger partial charge is 0.257 e. The molecule has 0 bridgehead atoms. The molecule has 124 valence electrons. The van der Waals surface area contributed by atoms with Crippen molar-refractivity contribution in [3.8, 4) is 0 Å². The lowest BCUT2D eigenvalue weighted by Crippen LogP contribution is -2.34. The molecule has 0 spiro atoms. The normalized spacial score (nSPS) is 14.8. The van der Waals surface area contributed by atoms with Gasteiger partial charge in [0.25, 0.3) is 5.91 Å². The number of carbonyl (C=O) groups excluding carboxylic acids is 1. The molecule has 0 aliphatic heterocycles. The van der Waals surface area contributed by atoms with Crippen LogP contribution in [0.4, 0.5) is 5.69 Å². The summed E-state index contributed by atoms with van der Waals surface area (Å²) in [5.74, 6) is 0.490. The third-order valence-corrected chi connectivity index (χ3v) is 4.71. The number of rotatable bonds is 3. The minimum absolute atomic E-state index is 0.202. The molecular formula is C20H22N2OS. The molecule has 1 saturated carbocycles. The van der Waals surface area contributed by atoms with E-state index in [4.69, 9.17) is 12.2 Å². The maximum absolute atomic E-state index is 12.1. The molecule has 3 rings (SSSR count). The first-order valence-corrected chi connectivity index (χ1v) is 8.90. The molecule has 24 heavy (non-hydrogen) atoms. The third-order valence-electron chi connectivity index (χ3n) is 4.51. The van der Waals surface area contributed by atoms with Crippen LogP contribution >= 0.6 is 12.2 Å². The quantitative estimate of drug-likeness (QED) is 0.785. The monoisotopic (exact) mass is 338 g/mol. The van der Waals surface area contributed by atoms with Crippen molar-refractivity contribution in [2.75, 3.05) is 5.32 Å². The summed E-state index contributed by atoms with van der Waals surface area (Å²) in [5.41, 5.74) is 2.89. The Morgan fingerprint density at radius 2 is 1.58 bits per heavy atom.